The highest BCUT2D eigenvalue weighted by Crippen LogP contribution is 2.38. The molecular formula is C45H35N5. The van der Waals surface area contributed by atoms with Crippen molar-refractivity contribution >= 4 is 32.7 Å². The zero-order chi connectivity index (χ0) is 34.0. The first-order chi connectivity index (χ1) is 24.6. The zero-order valence-electron chi connectivity index (χ0n) is 28.0. The summed E-state index contributed by atoms with van der Waals surface area (Å²) in [5.41, 5.74) is 9.68. The van der Waals surface area contributed by atoms with Gasteiger partial charge in [-0.15, -0.1) is 6.58 Å². The smallest absolute Gasteiger partial charge is 0.164 e. The van der Waals surface area contributed by atoms with Crippen molar-refractivity contribution in [3.8, 4) is 45.5 Å². The second-order valence-electron chi connectivity index (χ2n) is 12.3. The van der Waals surface area contributed by atoms with Gasteiger partial charge in [0.1, 0.15) is 0 Å². The van der Waals surface area contributed by atoms with E-state index in [9.17, 15) is 0 Å². The molecule has 0 fully saturated rings. The Morgan fingerprint density at radius 1 is 0.500 bits per heavy atom. The monoisotopic (exact) mass is 645 g/mol. The molecule has 5 heteroatoms. The number of hydrogen-bond acceptors (Lipinski definition) is 3. The topological polar surface area (TPSA) is 48.5 Å². The van der Waals surface area contributed by atoms with Crippen LogP contribution in [0.15, 0.2) is 171 Å². The molecule has 0 amide bonds. The predicted octanol–water partition coefficient (Wildman–Crippen LogP) is 11.4. The van der Waals surface area contributed by atoms with Crippen molar-refractivity contribution in [3.05, 3.63) is 176 Å². The Balaban J connectivity index is 0.00000116. The molecule has 50 heavy (non-hydrogen) atoms. The summed E-state index contributed by atoms with van der Waals surface area (Å²) < 4.78 is 4.66. The Labute approximate surface area is 291 Å². The molecule has 0 spiro atoms. The molecule has 0 atom stereocenters. The lowest BCUT2D eigenvalue weighted by atomic mass is 10.1. The molecule has 5 nitrogen and oxygen atoms in total. The normalized spacial score (nSPS) is 11.1. The highest BCUT2D eigenvalue weighted by atomic mass is 15.0. The first kappa shape index (κ1) is 30.7. The van der Waals surface area contributed by atoms with Crippen LogP contribution >= 0.6 is 0 Å². The van der Waals surface area contributed by atoms with Crippen LogP contribution in [0.2, 0.25) is 0 Å². The summed E-state index contributed by atoms with van der Waals surface area (Å²) in [4.78, 5) is 15.0. The van der Waals surface area contributed by atoms with E-state index in [0.717, 1.165) is 44.7 Å². The number of hydrogen-bond donors (Lipinski definition) is 0. The quantitative estimate of drug-likeness (QED) is 0.175. The van der Waals surface area contributed by atoms with Crippen LogP contribution in [0.1, 0.15) is 12.5 Å². The highest BCUT2D eigenvalue weighted by molar-refractivity contribution is 6.18. The molecule has 0 saturated carbocycles. The predicted molar refractivity (Wildman–Crippen MR) is 208 cm³/mol. The molecule has 0 N–H and O–H groups in total. The second-order valence-corrected chi connectivity index (χ2v) is 12.3. The molecule has 0 saturated heterocycles. The van der Waals surface area contributed by atoms with E-state index in [2.05, 4.69) is 120 Å². The van der Waals surface area contributed by atoms with Crippen LogP contribution in [-0.4, -0.2) is 24.1 Å². The van der Waals surface area contributed by atoms with Crippen LogP contribution in [-0.2, 0) is 0 Å². The molecule has 0 aliphatic rings. The van der Waals surface area contributed by atoms with Gasteiger partial charge in [0.15, 0.2) is 17.5 Å². The van der Waals surface area contributed by atoms with E-state index in [1.54, 1.807) is 6.08 Å². The Hall–Kier alpha value is -6.59. The van der Waals surface area contributed by atoms with Crippen LogP contribution < -0.4 is 0 Å². The number of para-hydroxylation sites is 2. The SMILES string of the molecule is C=CC.Cc1cc(-c2nc(-c3ccccc3)nc(-c3ccccc3)n2)cc(-n2c3ccccc3c3ccc4c(ccn4-c4ccccc4)c32)c1. The molecule has 0 radical (unpaired) electrons. The van der Waals surface area contributed by atoms with E-state index in [1.165, 1.54) is 21.7 Å². The first-order valence-corrected chi connectivity index (χ1v) is 16.8. The van der Waals surface area contributed by atoms with Crippen LogP contribution in [0.25, 0.3) is 78.2 Å². The molecule has 0 unspecified atom stereocenters. The number of benzene rings is 6. The lowest BCUT2D eigenvalue weighted by molar-refractivity contribution is 1.07. The molecule has 0 aliphatic heterocycles. The summed E-state index contributed by atoms with van der Waals surface area (Å²) in [7, 11) is 0. The van der Waals surface area contributed by atoms with Gasteiger partial charge in [-0.05, 0) is 67.9 Å². The van der Waals surface area contributed by atoms with Crippen LogP contribution in [0, 0.1) is 6.92 Å². The van der Waals surface area contributed by atoms with E-state index in [-0.39, 0.29) is 0 Å². The van der Waals surface area contributed by atoms with Gasteiger partial charge in [0.05, 0.1) is 16.6 Å². The highest BCUT2D eigenvalue weighted by Gasteiger charge is 2.19. The fourth-order valence-corrected chi connectivity index (χ4v) is 6.72. The summed E-state index contributed by atoms with van der Waals surface area (Å²) in [6.07, 6.45) is 3.92. The minimum Gasteiger partial charge on any atom is -0.316 e. The average Bonchev–Trinajstić information content (AvgIpc) is 3.75. The lowest BCUT2D eigenvalue weighted by Crippen LogP contribution is -2.01. The van der Waals surface area contributed by atoms with Gasteiger partial charge in [0, 0.05) is 50.4 Å². The molecule has 3 heterocycles. The third kappa shape index (κ3) is 5.55. The lowest BCUT2D eigenvalue weighted by Gasteiger charge is -2.13. The standard InChI is InChI=1S/C42H29N5.C3H6/c1-28-25-31(42-44-40(29-13-5-2-6-14-29)43-41(45-42)30-15-7-3-8-16-30)27-33(26-28)47-38-20-12-11-19-34(38)35-21-22-37-36(39(35)47)23-24-46(37)32-17-9-4-10-18-32;1-3-2/h2-27H,1H3;3H,1H2,2H3. The van der Waals surface area contributed by atoms with E-state index >= 15 is 0 Å². The summed E-state index contributed by atoms with van der Waals surface area (Å²) >= 11 is 0. The van der Waals surface area contributed by atoms with Crippen molar-refractivity contribution in [1.82, 2.24) is 24.1 Å². The van der Waals surface area contributed by atoms with Crippen molar-refractivity contribution in [2.45, 2.75) is 13.8 Å². The first-order valence-electron chi connectivity index (χ1n) is 16.8. The molecule has 0 bridgehead atoms. The molecular weight excluding hydrogens is 611 g/mol. The summed E-state index contributed by atoms with van der Waals surface area (Å²) in [5, 5.41) is 3.64. The maximum absolute atomic E-state index is 5.04. The van der Waals surface area contributed by atoms with Gasteiger partial charge in [-0.3, -0.25) is 0 Å². The molecule has 9 aromatic rings. The van der Waals surface area contributed by atoms with Gasteiger partial charge in [0.2, 0.25) is 0 Å². The Morgan fingerprint density at radius 3 is 1.70 bits per heavy atom. The van der Waals surface area contributed by atoms with Crippen molar-refractivity contribution in [2.75, 3.05) is 0 Å². The number of rotatable bonds is 5. The maximum Gasteiger partial charge on any atom is 0.164 e. The number of nitrogens with zero attached hydrogens (tertiary/aromatic N) is 5. The molecule has 240 valence electrons. The third-order valence-electron chi connectivity index (χ3n) is 8.81. The van der Waals surface area contributed by atoms with Gasteiger partial charge in [-0.1, -0.05) is 109 Å². The van der Waals surface area contributed by atoms with E-state index in [0.29, 0.717) is 17.5 Å². The molecule has 9 rings (SSSR count). The number of aryl methyl sites for hydroxylation is 1. The van der Waals surface area contributed by atoms with Gasteiger partial charge < -0.3 is 9.13 Å². The molecule has 3 aromatic heterocycles. The fourth-order valence-electron chi connectivity index (χ4n) is 6.72. The van der Waals surface area contributed by atoms with Crippen LogP contribution in [0.4, 0.5) is 0 Å². The summed E-state index contributed by atoms with van der Waals surface area (Å²) in [5.74, 6) is 1.94. The van der Waals surface area contributed by atoms with Crippen LogP contribution in [0.5, 0.6) is 0 Å². The molecule has 6 aromatic carbocycles. The minimum absolute atomic E-state index is 0.642. The van der Waals surface area contributed by atoms with E-state index in [4.69, 9.17) is 15.0 Å². The number of aromatic nitrogens is 5. The number of fused-ring (bicyclic) bond motifs is 5. The van der Waals surface area contributed by atoms with Gasteiger partial charge in [-0.25, -0.2) is 15.0 Å². The van der Waals surface area contributed by atoms with Crippen molar-refractivity contribution in [2.24, 2.45) is 0 Å². The second kappa shape index (κ2) is 13.1. The van der Waals surface area contributed by atoms with E-state index in [1.807, 2.05) is 67.6 Å². The largest absolute Gasteiger partial charge is 0.316 e. The minimum atomic E-state index is 0.642. The zero-order valence-corrected chi connectivity index (χ0v) is 28.0. The number of allylic oxidation sites excluding steroid dienone is 1. The van der Waals surface area contributed by atoms with Gasteiger partial charge >= 0.3 is 0 Å². The van der Waals surface area contributed by atoms with Gasteiger partial charge in [0.25, 0.3) is 0 Å². The van der Waals surface area contributed by atoms with Gasteiger partial charge in [-0.2, -0.15) is 0 Å². The summed E-state index contributed by atoms with van der Waals surface area (Å²) in [6.45, 7) is 7.39. The maximum atomic E-state index is 5.04. The summed E-state index contributed by atoms with van der Waals surface area (Å²) in [6, 6.07) is 52.8. The van der Waals surface area contributed by atoms with Crippen LogP contribution in [0.3, 0.4) is 0 Å². The molecule has 0 aliphatic carbocycles. The van der Waals surface area contributed by atoms with Crippen molar-refractivity contribution in [1.29, 1.82) is 0 Å². The average molecular weight is 646 g/mol. The Kier molecular flexibility index (Phi) is 8.07. The van der Waals surface area contributed by atoms with Crippen molar-refractivity contribution < 1.29 is 0 Å². The third-order valence-corrected chi connectivity index (χ3v) is 8.81. The van der Waals surface area contributed by atoms with E-state index < -0.39 is 0 Å². The Morgan fingerprint density at radius 2 is 1.06 bits per heavy atom. The Bertz CT molecular complexity index is 2560. The van der Waals surface area contributed by atoms with Crippen molar-refractivity contribution in [3.63, 3.8) is 0 Å². The fraction of sp³-hybridized carbons (Fsp3) is 0.0444.